The SMILES string of the molecule is CCCC(/N=C\NC)=C(\C)CN. The van der Waals surface area contributed by atoms with Gasteiger partial charge in [0.15, 0.2) is 0 Å². The van der Waals surface area contributed by atoms with Crippen molar-refractivity contribution in [3.8, 4) is 0 Å². The average molecular weight is 169 g/mol. The smallest absolute Gasteiger partial charge is 0.0879 e. The lowest BCUT2D eigenvalue weighted by Gasteiger charge is -2.03. The zero-order chi connectivity index (χ0) is 9.40. The quantitative estimate of drug-likeness (QED) is 0.481. The number of hydrogen-bond acceptors (Lipinski definition) is 2. The van der Waals surface area contributed by atoms with Gasteiger partial charge in [-0.1, -0.05) is 13.3 Å². The molecule has 0 bridgehead atoms. The van der Waals surface area contributed by atoms with E-state index in [-0.39, 0.29) is 0 Å². The van der Waals surface area contributed by atoms with Gasteiger partial charge in [-0.25, -0.2) is 4.99 Å². The molecule has 0 aromatic heterocycles. The number of nitrogens with zero attached hydrogens (tertiary/aromatic N) is 1. The van der Waals surface area contributed by atoms with Crippen LogP contribution in [-0.2, 0) is 0 Å². The summed E-state index contributed by atoms with van der Waals surface area (Å²) >= 11 is 0. The fourth-order valence-corrected chi connectivity index (χ4v) is 0.885. The first-order valence-electron chi connectivity index (χ1n) is 4.34. The zero-order valence-corrected chi connectivity index (χ0v) is 8.22. The number of nitrogens with one attached hydrogen (secondary N) is 1. The molecule has 0 aliphatic heterocycles. The predicted molar refractivity (Wildman–Crippen MR) is 54.2 cm³/mol. The van der Waals surface area contributed by atoms with Gasteiger partial charge >= 0.3 is 0 Å². The second-order valence-corrected chi connectivity index (χ2v) is 2.73. The molecule has 0 rings (SSSR count). The molecule has 0 aliphatic carbocycles. The largest absolute Gasteiger partial charge is 0.379 e. The van der Waals surface area contributed by atoms with Crippen molar-refractivity contribution in [1.29, 1.82) is 0 Å². The molecular weight excluding hydrogens is 150 g/mol. The van der Waals surface area contributed by atoms with Crippen molar-refractivity contribution in [2.45, 2.75) is 26.7 Å². The van der Waals surface area contributed by atoms with Crippen molar-refractivity contribution in [3.05, 3.63) is 11.3 Å². The molecule has 0 heterocycles. The molecule has 0 amide bonds. The van der Waals surface area contributed by atoms with E-state index in [4.69, 9.17) is 5.73 Å². The van der Waals surface area contributed by atoms with Crippen molar-refractivity contribution in [2.24, 2.45) is 10.7 Å². The van der Waals surface area contributed by atoms with Crippen LogP contribution in [0.15, 0.2) is 16.3 Å². The number of aliphatic imine (C=N–C) groups is 1. The molecule has 0 fully saturated rings. The van der Waals surface area contributed by atoms with Gasteiger partial charge in [0, 0.05) is 19.3 Å². The minimum absolute atomic E-state index is 0.594. The average Bonchev–Trinajstić information content (AvgIpc) is 2.11. The van der Waals surface area contributed by atoms with Crippen molar-refractivity contribution in [2.75, 3.05) is 13.6 Å². The van der Waals surface area contributed by atoms with E-state index in [2.05, 4.69) is 17.2 Å². The minimum atomic E-state index is 0.594. The molecule has 0 unspecified atom stereocenters. The monoisotopic (exact) mass is 169 g/mol. The number of rotatable bonds is 5. The van der Waals surface area contributed by atoms with E-state index in [1.54, 1.807) is 6.34 Å². The zero-order valence-electron chi connectivity index (χ0n) is 8.22. The van der Waals surface area contributed by atoms with Gasteiger partial charge in [0.1, 0.15) is 0 Å². The molecule has 0 radical (unpaired) electrons. The highest BCUT2D eigenvalue weighted by atomic mass is 14.9. The second-order valence-electron chi connectivity index (χ2n) is 2.73. The van der Waals surface area contributed by atoms with Gasteiger partial charge in [-0.3, -0.25) is 0 Å². The maximum atomic E-state index is 5.52. The van der Waals surface area contributed by atoms with E-state index < -0.39 is 0 Å². The molecular formula is C9H19N3. The summed E-state index contributed by atoms with van der Waals surface area (Å²) < 4.78 is 0. The van der Waals surface area contributed by atoms with Crippen LogP contribution in [0, 0.1) is 0 Å². The molecule has 0 atom stereocenters. The van der Waals surface area contributed by atoms with Crippen molar-refractivity contribution < 1.29 is 0 Å². The van der Waals surface area contributed by atoms with Crippen LogP contribution in [0.5, 0.6) is 0 Å². The highest BCUT2D eigenvalue weighted by molar-refractivity contribution is 5.55. The summed E-state index contributed by atoms with van der Waals surface area (Å²) in [6.45, 7) is 4.76. The highest BCUT2D eigenvalue weighted by Gasteiger charge is 1.96. The summed E-state index contributed by atoms with van der Waals surface area (Å²) in [5.74, 6) is 0. The van der Waals surface area contributed by atoms with E-state index in [9.17, 15) is 0 Å². The molecule has 3 N–H and O–H groups in total. The van der Waals surface area contributed by atoms with Crippen LogP contribution >= 0.6 is 0 Å². The fraction of sp³-hybridized carbons (Fsp3) is 0.667. The lowest BCUT2D eigenvalue weighted by atomic mass is 10.1. The van der Waals surface area contributed by atoms with Crippen LogP contribution < -0.4 is 11.1 Å². The summed E-state index contributed by atoms with van der Waals surface area (Å²) in [6.07, 6.45) is 3.80. The first-order chi connectivity index (χ1) is 5.76. The van der Waals surface area contributed by atoms with E-state index in [0.29, 0.717) is 6.54 Å². The number of allylic oxidation sites excluding steroid dienone is 1. The maximum absolute atomic E-state index is 5.52. The Kier molecular flexibility index (Phi) is 6.38. The lowest BCUT2D eigenvalue weighted by Crippen LogP contribution is -2.05. The Morgan fingerprint density at radius 1 is 1.58 bits per heavy atom. The van der Waals surface area contributed by atoms with Gasteiger partial charge in [-0.05, 0) is 18.9 Å². The Morgan fingerprint density at radius 3 is 2.67 bits per heavy atom. The van der Waals surface area contributed by atoms with Crippen LogP contribution in [0.2, 0.25) is 0 Å². The predicted octanol–water partition coefficient (Wildman–Crippen LogP) is 1.27. The molecule has 0 aromatic carbocycles. The molecule has 0 spiro atoms. The Morgan fingerprint density at radius 2 is 2.25 bits per heavy atom. The molecule has 0 aromatic rings. The third-order valence-corrected chi connectivity index (χ3v) is 1.64. The van der Waals surface area contributed by atoms with E-state index in [1.165, 1.54) is 5.57 Å². The molecule has 3 nitrogen and oxygen atoms in total. The van der Waals surface area contributed by atoms with Crippen molar-refractivity contribution in [3.63, 3.8) is 0 Å². The van der Waals surface area contributed by atoms with E-state index >= 15 is 0 Å². The standard InChI is InChI=1S/C9H19N3/c1-4-5-9(8(2)6-10)12-7-11-3/h7H,4-6,10H2,1-3H3,(H,11,12)/b9-8-. The van der Waals surface area contributed by atoms with Gasteiger partial charge in [-0.15, -0.1) is 0 Å². The van der Waals surface area contributed by atoms with Gasteiger partial charge in [0.25, 0.3) is 0 Å². The maximum Gasteiger partial charge on any atom is 0.0879 e. The first kappa shape index (κ1) is 11.2. The lowest BCUT2D eigenvalue weighted by molar-refractivity contribution is 0.866. The van der Waals surface area contributed by atoms with Crippen molar-refractivity contribution in [1.82, 2.24) is 5.32 Å². The van der Waals surface area contributed by atoms with Gasteiger partial charge in [0.05, 0.1) is 6.34 Å². The molecule has 0 saturated heterocycles. The van der Waals surface area contributed by atoms with Gasteiger partial charge in [0.2, 0.25) is 0 Å². The third-order valence-electron chi connectivity index (χ3n) is 1.64. The molecule has 12 heavy (non-hydrogen) atoms. The number of nitrogens with two attached hydrogens (primary N) is 1. The fourth-order valence-electron chi connectivity index (χ4n) is 0.885. The Labute approximate surface area is 74.8 Å². The van der Waals surface area contributed by atoms with Crippen molar-refractivity contribution >= 4 is 6.34 Å². The minimum Gasteiger partial charge on any atom is -0.379 e. The summed E-state index contributed by atoms with van der Waals surface area (Å²) in [5, 5.41) is 2.87. The van der Waals surface area contributed by atoms with Gasteiger partial charge in [-0.2, -0.15) is 0 Å². The Bertz CT molecular complexity index is 171. The second kappa shape index (κ2) is 6.85. The molecule has 3 heteroatoms. The summed E-state index contributed by atoms with van der Waals surface area (Å²) in [7, 11) is 1.84. The molecule has 0 aliphatic rings. The van der Waals surface area contributed by atoms with E-state index in [1.807, 2.05) is 14.0 Å². The van der Waals surface area contributed by atoms with Crippen LogP contribution in [0.3, 0.4) is 0 Å². The Hall–Kier alpha value is -0.830. The molecule has 70 valence electrons. The highest BCUT2D eigenvalue weighted by Crippen LogP contribution is 2.10. The van der Waals surface area contributed by atoms with Crippen LogP contribution in [0.25, 0.3) is 0 Å². The molecule has 0 saturated carbocycles. The summed E-state index contributed by atoms with van der Waals surface area (Å²) in [5.41, 5.74) is 7.80. The summed E-state index contributed by atoms with van der Waals surface area (Å²) in [4.78, 5) is 4.27. The number of hydrogen-bond donors (Lipinski definition) is 2. The normalized spacial score (nSPS) is 13.3. The van der Waals surface area contributed by atoms with Crippen LogP contribution in [0.4, 0.5) is 0 Å². The topological polar surface area (TPSA) is 50.4 Å². The Balaban J connectivity index is 4.31. The van der Waals surface area contributed by atoms with Crippen LogP contribution in [-0.4, -0.2) is 19.9 Å². The van der Waals surface area contributed by atoms with Crippen LogP contribution in [0.1, 0.15) is 26.7 Å². The first-order valence-corrected chi connectivity index (χ1v) is 4.34. The van der Waals surface area contributed by atoms with E-state index in [0.717, 1.165) is 18.5 Å². The third kappa shape index (κ3) is 4.13. The summed E-state index contributed by atoms with van der Waals surface area (Å²) in [6, 6.07) is 0. The van der Waals surface area contributed by atoms with Gasteiger partial charge < -0.3 is 11.1 Å².